The van der Waals surface area contributed by atoms with Gasteiger partial charge in [0.1, 0.15) is 0 Å². The maximum atomic E-state index is 13.4. The first kappa shape index (κ1) is 19.5. The minimum atomic E-state index is -0.960. The predicted octanol–water partition coefficient (Wildman–Crippen LogP) is 3.65. The largest absolute Gasteiger partial charge is 0.325 e. The van der Waals surface area contributed by atoms with Gasteiger partial charge in [0.2, 0.25) is 11.7 Å². The molecule has 0 fully saturated rings. The number of carbonyl (C=O) groups is 1. The number of thioether (sulfide) groups is 1. The fourth-order valence-electron chi connectivity index (χ4n) is 2.44. The molecule has 3 aromatic rings. The molecule has 0 unspecified atom stereocenters. The number of carbonyl (C=O) groups excluding carboxylic acids is 1. The first-order valence-electron chi connectivity index (χ1n) is 8.23. The molecular formula is C18H16FN5O3S. The van der Waals surface area contributed by atoms with E-state index in [9.17, 15) is 19.3 Å². The lowest BCUT2D eigenvalue weighted by molar-refractivity contribution is -0.387. The highest BCUT2D eigenvalue weighted by Gasteiger charge is 2.21. The van der Waals surface area contributed by atoms with Crippen molar-refractivity contribution >= 4 is 29.0 Å². The molecule has 1 amide bonds. The van der Waals surface area contributed by atoms with E-state index in [-0.39, 0.29) is 5.69 Å². The molecular weight excluding hydrogens is 385 g/mol. The van der Waals surface area contributed by atoms with Gasteiger partial charge in [-0.05, 0) is 19.1 Å². The van der Waals surface area contributed by atoms with Gasteiger partial charge in [-0.25, -0.2) is 0 Å². The standard InChI is InChI=1S/C18H16FN5O3S/c1-11(17(25)20-13-8-9-14(19)15(10-13)24(26)27)28-18-22-21-16(23(18)2)12-6-4-3-5-7-12/h3-11H,1-2H3,(H,20,25)/t11-/m1/s1. The Morgan fingerprint density at radius 2 is 1.96 bits per heavy atom. The number of hydrogen-bond acceptors (Lipinski definition) is 6. The zero-order valence-corrected chi connectivity index (χ0v) is 15.8. The van der Waals surface area contributed by atoms with Crippen molar-refractivity contribution in [2.24, 2.45) is 7.05 Å². The average Bonchev–Trinajstić information content (AvgIpc) is 3.04. The van der Waals surface area contributed by atoms with Crippen molar-refractivity contribution in [1.82, 2.24) is 14.8 Å². The van der Waals surface area contributed by atoms with Crippen LogP contribution in [-0.4, -0.2) is 30.8 Å². The van der Waals surface area contributed by atoms with Crippen molar-refractivity contribution in [3.63, 3.8) is 0 Å². The van der Waals surface area contributed by atoms with E-state index in [2.05, 4.69) is 15.5 Å². The Morgan fingerprint density at radius 1 is 1.25 bits per heavy atom. The Kier molecular flexibility index (Phi) is 5.69. The quantitative estimate of drug-likeness (QED) is 0.384. The molecule has 0 saturated carbocycles. The number of halogens is 1. The fraction of sp³-hybridized carbons (Fsp3) is 0.167. The van der Waals surface area contributed by atoms with Crippen molar-refractivity contribution in [3.8, 4) is 11.4 Å². The van der Waals surface area contributed by atoms with Crippen LogP contribution >= 0.6 is 11.8 Å². The lowest BCUT2D eigenvalue weighted by Crippen LogP contribution is -2.23. The number of nitro benzene ring substituents is 1. The number of benzene rings is 2. The zero-order chi connectivity index (χ0) is 20.3. The zero-order valence-electron chi connectivity index (χ0n) is 15.0. The molecule has 28 heavy (non-hydrogen) atoms. The van der Waals surface area contributed by atoms with E-state index in [0.717, 1.165) is 17.7 Å². The van der Waals surface area contributed by atoms with Gasteiger partial charge < -0.3 is 9.88 Å². The molecule has 1 heterocycles. The van der Waals surface area contributed by atoms with Gasteiger partial charge in [0.05, 0.1) is 10.2 Å². The van der Waals surface area contributed by atoms with Crippen molar-refractivity contribution in [2.45, 2.75) is 17.3 Å². The molecule has 144 valence electrons. The third-order valence-electron chi connectivity index (χ3n) is 3.93. The molecule has 0 aliphatic heterocycles. The number of nitrogens with one attached hydrogen (secondary N) is 1. The molecule has 2 aromatic carbocycles. The van der Waals surface area contributed by atoms with Gasteiger partial charge in [-0.1, -0.05) is 42.1 Å². The maximum Gasteiger partial charge on any atom is 0.306 e. The first-order chi connectivity index (χ1) is 13.4. The van der Waals surface area contributed by atoms with Gasteiger partial charge in [-0.2, -0.15) is 4.39 Å². The summed E-state index contributed by atoms with van der Waals surface area (Å²) in [5.74, 6) is -0.682. The number of nitro groups is 1. The second-order valence-electron chi connectivity index (χ2n) is 5.90. The first-order valence-corrected chi connectivity index (χ1v) is 9.11. The smallest absolute Gasteiger partial charge is 0.306 e. The predicted molar refractivity (Wildman–Crippen MR) is 103 cm³/mol. The second kappa shape index (κ2) is 8.17. The number of hydrogen-bond donors (Lipinski definition) is 1. The maximum absolute atomic E-state index is 13.4. The van der Waals surface area contributed by atoms with Crippen LogP contribution < -0.4 is 5.32 Å². The topological polar surface area (TPSA) is 103 Å². The molecule has 1 N–H and O–H groups in total. The monoisotopic (exact) mass is 401 g/mol. The van der Waals surface area contributed by atoms with Crippen LogP contribution in [0.2, 0.25) is 0 Å². The van der Waals surface area contributed by atoms with Crippen LogP contribution in [0.15, 0.2) is 53.7 Å². The molecule has 1 aromatic heterocycles. The van der Waals surface area contributed by atoms with Crippen LogP contribution in [0, 0.1) is 15.9 Å². The summed E-state index contributed by atoms with van der Waals surface area (Å²) in [6.45, 7) is 1.68. The summed E-state index contributed by atoms with van der Waals surface area (Å²) < 4.78 is 15.2. The molecule has 0 saturated heterocycles. The highest BCUT2D eigenvalue weighted by Crippen LogP contribution is 2.27. The molecule has 0 radical (unpaired) electrons. The van der Waals surface area contributed by atoms with E-state index in [1.54, 1.807) is 18.5 Å². The molecule has 10 heteroatoms. The van der Waals surface area contributed by atoms with Crippen molar-refractivity contribution in [3.05, 3.63) is 64.5 Å². The summed E-state index contributed by atoms with van der Waals surface area (Å²) in [6.07, 6.45) is 0. The lowest BCUT2D eigenvalue weighted by Gasteiger charge is -2.12. The van der Waals surface area contributed by atoms with Crippen molar-refractivity contribution < 1.29 is 14.1 Å². The highest BCUT2D eigenvalue weighted by molar-refractivity contribution is 8.00. The van der Waals surface area contributed by atoms with Crippen LogP contribution in [-0.2, 0) is 11.8 Å². The summed E-state index contributed by atoms with van der Waals surface area (Å²) in [6, 6.07) is 12.7. The summed E-state index contributed by atoms with van der Waals surface area (Å²) in [5, 5.41) is 21.7. The van der Waals surface area contributed by atoms with Crippen LogP contribution in [0.25, 0.3) is 11.4 Å². The van der Waals surface area contributed by atoms with E-state index in [1.165, 1.54) is 17.8 Å². The highest BCUT2D eigenvalue weighted by atomic mass is 32.2. The van der Waals surface area contributed by atoms with Crippen LogP contribution in [0.3, 0.4) is 0 Å². The molecule has 8 nitrogen and oxygen atoms in total. The van der Waals surface area contributed by atoms with E-state index in [1.807, 2.05) is 30.3 Å². The number of amides is 1. The Labute approximate surface area is 163 Å². The van der Waals surface area contributed by atoms with Gasteiger partial charge in [-0.3, -0.25) is 14.9 Å². The van der Waals surface area contributed by atoms with E-state index < -0.39 is 27.6 Å². The Balaban J connectivity index is 1.71. The van der Waals surface area contributed by atoms with Gasteiger partial charge in [0.25, 0.3) is 0 Å². The van der Waals surface area contributed by atoms with Gasteiger partial charge in [0.15, 0.2) is 11.0 Å². The van der Waals surface area contributed by atoms with Crippen LogP contribution in [0.5, 0.6) is 0 Å². The number of anilines is 1. The summed E-state index contributed by atoms with van der Waals surface area (Å²) in [5.41, 5.74) is 0.354. The third-order valence-corrected chi connectivity index (χ3v) is 5.06. The molecule has 3 rings (SSSR count). The lowest BCUT2D eigenvalue weighted by atomic mass is 10.2. The van der Waals surface area contributed by atoms with Crippen LogP contribution in [0.4, 0.5) is 15.8 Å². The van der Waals surface area contributed by atoms with Crippen LogP contribution in [0.1, 0.15) is 6.92 Å². The molecule has 0 spiro atoms. The minimum Gasteiger partial charge on any atom is -0.325 e. The molecule has 0 aliphatic carbocycles. The van der Waals surface area contributed by atoms with Crippen molar-refractivity contribution in [1.29, 1.82) is 0 Å². The number of aromatic nitrogens is 3. The van der Waals surface area contributed by atoms with E-state index >= 15 is 0 Å². The van der Waals surface area contributed by atoms with E-state index in [0.29, 0.717) is 11.0 Å². The van der Waals surface area contributed by atoms with Crippen molar-refractivity contribution in [2.75, 3.05) is 5.32 Å². The molecule has 0 aliphatic rings. The van der Waals surface area contributed by atoms with Gasteiger partial charge >= 0.3 is 5.69 Å². The number of rotatable bonds is 6. The molecule has 0 bridgehead atoms. The Morgan fingerprint density at radius 3 is 2.64 bits per heavy atom. The van der Waals surface area contributed by atoms with Gasteiger partial charge in [-0.15, -0.1) is 10.2 Å². The summed E-state index contributed by atoms with van der Waals surface area (Å²) >= 11 is 1.20. The van der Waals surface area contributed by atoms with Gasteiger partial charge in [0, 0.05) is 24.4 Å². The average molecular weight is 401 g/mol. The third kappa shape index (κ3) is 4.17. The number of nitrogens with zero attached hydrogens (tertiary/aromatic N) is 4. The van der Waals surface area contributed by atoms with E-state index in [4.69, 9.17) is 0 Å². The SMILES string of the molecule is C[C@@H](Sc1nnc(-c2ccccc2)n1C)C(=O)Nc1ccc(F)c([N+](=O)[O-])c1. The minimum absolute atomic E-state index is 0.147. The fourth-order valence-corrected chi connectivity index (χ4v) is 3.26. The molecule has 1 atom stereocenters. The Bertz CT molecular complexity index is 1030. The Hall–Kier alpha value is -3.27. The summed E-state index contributed by atoms with van der Waals surface area (Å²) in [4.78, 5) is 22.4. The summed E-state index contributed by atoms with van der Waals surface area (Å²) in [7, 11) is 1.80. The normalized spacial score (nSPS) is 11.8. The second-order valence-corrected chi connectivity index (χ2v) is 7.21.